The van der Waals surface area contributed by atoms with Crippen LogP contribution in [0.5, 0.6) is 0 Å². The highest BCUT2D eigenvalue weighted by atomic mass is 16.5. The minimum absolute atomic E-state index is 0.149. The monoisotopic (exact) mass is 380 g/mol. The first-order valence-corrected chi connectivity index (χ1v) is 9.92. The van der Waals surface area contributed by atoms with Crippen LogP contribution in [0.1, 0.15) is 48.8 Å². The zero-order valence-electron chi connectivity index (χ0n) is 16.0. The summed E-state index contributed by atoms with van der Waals surface area (Å²) in [4.78, 5) is 29.0. The number of nitrogens with one attached hydrogen (secondary N) is 1. The molecule has 1 atom stereocenters. The average Bonchev–Trinajstić information content (AvgIpc) is 3.37. The van der Waals surface area contributed by atoms with Crippen molar-refractivity contribution in [2.75, 3.05) is 26.7 Å². The van der Waals surface area contributed by atoms with E-state index in [1.807, 2.05) is 29.2 Å². The Hall–Kier alpha value is -2.74. The summed E-state index contributed by atoms with van der Waals surface area (Å²) in [6.07, 6.45) is 3.30. The molecule has 0 aliphatic carbocycles. The molecule has 28 heavy (non-hydrogen) atoms. The number of fused-ring (bicyclic) bond motifs is 1. The fraction of sp³-hybridized carbons (Fsp3) is 0.500. The van der Waals surface area contributed by atoms with Crippen LogP contribution in [0.25, 0.3) is 11.0 Å². The van der Waals surface area contributed by atoms with Crippen molar-refractivity contribution in [1.82, 2.24) is 29.9 Å². The molecule has 1 unspecified atom stereocenters. The van der Waals surface area contributed by atoms with Crippen LogP contribution in [-0.2, 0) is 11.2 Å². The number of aromatic nitrogens is 4. The molecule has 2 fully saturated rings. The summed E-state index contributed by atoms with van der Waals surface area (Å²) in [6, 6.07) is 8.15. The van der Waals surface area contributed by atoms with E-state index in [4.69, 9.17) is 4.52 Å². The molecule has 1 N–H and O–H groups in total. The standard InChI is InChI=1S/C20H24N6O2/c1-25-10-4-7-16(25)20-23-19(24-28-20)13-11-26(12-13)18(27)9-8-17-21-14-5-2-3-6-15(14)22-17/h2-3,5-6,13,16H,4,7-12H2,1H3,(H,21,22). The van der Waals surface area contributed by atoms with Gasteiger partial charge >= 0.3 is 0 Å². The number of aryl methyl sites for hydroxylation is 1. The first-order chi connectivity index (χ1) is 13.7. The number of nitrogens with zero attached hydrogens (tertiary/aromatic N) is 5. The molecule has 2 aromatic heterocycles. The molecule has 1 aromatic carbocycles. The molecule has 0 spiro atoms. The number of carbonyl (C=O) groups excluding carboxylic acids is 1. The Labute approximate surface area is 162 Å². The lowest BCUT2D eigenvalue weighted by atomic mass is 9.98. The average molecular weight is 380 g/mol. The van der Waals surface area contributed by atoms with Gasteiger partial charge in [0, 0.05) is 25.9 Å². The normalized spacial score (nSPS) is 20.8. The first-order valence-electron chi connectivity index (χ1n) is 9.92. The van der Waals surface area contributed by atoms with Crippen molar-refractivity contribution in [1.29, 1.82) is 0 Å². The van der Waals surface area contributed by atoms with E-state index in [9.17, 15) is 4.79 Å². The number of carbonyl (C=O) groups is 1. The highest BCUT2D eigenvalue weighted by molar-refractivity contribution is 5.78. The van der Waals surface area contributed by atoms with E-state index in [0.717, 1.165) is 42.1 Å². The molecule has 8 heteroatoms. The summed E-state index contributed by atoms with van der Waals surface area (Å²) in [5.41, 5.74) is 1.95. The zero-order valence-corrected chi connectivity index (χ0v) is 16.0. The van der Waals surface area contributed by atoms with Crippen LogP contribution in [-0.4, -0.2) is 62.5 Å². The number of benzene rings is 1. The van der Waals surface area contributed by atoms with Crippen molar-refractivity contribution in [3.8, 4) is 0 Å². The third-order valence-corrected chi connectivity index (χ3v) is 5.88. The topological polar surface area (TPSA) is 91.2 Å². The van der Waals surface area contributed by atoms with Crippen LogP contribution in [0.3, 0.4) is 0 Å². The Morgan fingerprint density at radius 2 is 2.14 bits per heavy atom. The predicted octanol–water partition coefficient (Wildman–Crippen LogP) is 2.27. The van der Waals surface area contributed by atoms with Crippen LogP contribution >= 0.6 is 0 Å². The van der Waals surface area contributed by atoms with Gasteiger partial charge < -0.3 is 14.4 Å². The number of para-hydroxylation sites is 2. The van der Waals surface area contributed by atoms with Crippen LogP contribution in [0.4, 0.5) is 0 Å². The lowest BCUT2D eigenvalue weighted by molar-refractivity contribution is -0.135. The summed E-state index contributed by atoms with van der Waals surface area (Å²) < 4.78 is 5.49. The molecule has 0 bridgehead atoms. The van der Waals surface area contributed by atoms with E-state index in [2.05, 4.69) is 32.1 Å². The Bertz CT molecular complexity index is 956. The summed E-state index contributed by atoms with van der Waals surface area (Å²) in [5.74, 6) is 2.63. The molecule has 2 saturated heterocycles. The maximum Gasteiger partial charge on any atom is 0.243 e. The van der Waals surface area contributed by atoms with E-state index < -0.39 is 0 Å². The van der Waals surface area contributed by atoms with Crippen LogP contribution in [0, 0.1) is 0 Å². The molecular weight excluding hydrogens is 356 g/mol. The van der Waals surface area contributed by atoms with Crippen molar-refractivity contribution < 1.29 is 9.32 Å². The summed E-state index contributed by atoms with van der Waals surface area (Å²) >= 11 is 0. The van der Waals surface area contributed by atoms with Gasteiger partial charge in [0.2, 0.25) is 11.8 Å². The van der Waals surface area contributed by atoms with Gasteiger partial charge in [0.25, 0.3) is 0 Å². The van der Waals surface area contributed by atoms with Gasteiger partial charge in [-0.15, -0.1) is 0 Å². The zero-order chi connectivity index (χ0) is 19.1. The summed E-state index contributed by atoms with van der Waals surface area (Å²) in [7, 11) is 2.09. The van der Waals surface area contributed by atoms with Crippen molar-refractivity contribution >= 4 is 16.9 Å². The van der Waals surface area contributed by atoms with Gasteiger partial charge in [-0.25, -0.2) is 4.98 Å². The highest BCUT2D eigenvalue weighted by Crippen LogP contribution is 2.31. The van der Waals surface area contributed by atoms with Gasteiger partial charge in [0.1, 0.15) is 5.82 Å². The van der Waals surface area contributed by atoms with Gasteiger partial charge in [0.05, 0.1) is 23.0 Å². The quantitative estimate of drug-likeness (QED) is 0.730. The molecule has 146 valence electrons. The molecule has 8 nitrogen and oxygen atoms in total. The molecule has 2 aliphatic rings. The Kier molecular flexibility index (Phi) is 4.35. The molecule has 3 aromatic rings. The lowest BCUT2D eigenvalue weighted by Gasteiger charge is -2.37. The smallest absolute Gasteiger partial charge is 0.243 e. The third-order valence-electron chi connectivity index (χ3n) is 5.88. The van der Waals surface area contributed by atoms with Crippen molar-refractivity contribution in [3.63, 3.8) is 0 Å². The number of hydrogen-bond donors (Lipinski definition) is 1. The highest BCUT2D eigenvalue weighted by Gasteiger charge is 2.36. The molecular formula is C20H24N6O2. The van der Waals surface area contributed by atoms with E-state index in [0.29, 0.717) is 31.8 Å². The first kappa shape index (κ1) is 17.4. The summed E-state index contributed by atoms with van der Waals surface area (Å²) in [6.45, 7) is 2.40. The lowest BCUT2D eigenvalue weighted by Crippen LogP contribution is -2.48. The minimum atomic E-state index is 0.149. The second kappa shape index (κ2) is 7.01. The second-order valence-corrected chi connectivity index (χ2v) is 7.83. The minimum Gasteiger partial charge on any atom is -0.342 e. The Balaban J connectivity index is 1.13. The molecule has 0 saturated carbocycles. The van der Waals surface area contributed by atoms with E-state index in [-0.39, 0.29) is 17.9 Å². The van der Waals surface area contributed by atoms with E-state index in [1.54, 1.807) is 0 Å². The number of amides is 1. The van der Waals surface area contributed by atoms with Crippen molar-refractivity contribution in [2.45, 2.75) is 37.6 Å². The summed E-state index contributed by atoms with van der Waals surface area (Å²) in [5, 5.41) is 4.16. The van der Waals surface area contributed by atoms with E-state index >= 15 is 0 Å². The van der Waals surface area contributed by atoms with Gasteiger partial charge in [-0.05, 0) is 38.6 Å². The number of hydrogen-bond acceptors (Lipinski definition) is 6. The fourth-order valence-electron chi connectivity index (χ4n) is 4.12. The largest absolute Gasteiger partial charge is 0.342 e. The maximum absolute atomic E-state index is 12.5. The molecule has 1 amide bonds. The Morgan fingerprint density at radius 3 is 2.93 bits per heavy atom. The predicted molar refractivity (Wildman–Crippen MR) is 103 cm³/mol. The van der Waals surface area contributed by atoms with Crippen LogP contribution < -0.4 is 0 Å². The molecule has 5 rings (SSSR count). The van der Waals surface area contributed by atoms with Crippen molar-refractivity contribution in [3.05, 3.63) is 41.8 Å². The number of likely N-dealkylation sites (tertiary alicyclic amines) is 2. The fourth-order valence-corrected chi connectivity index (χ4v) is 4.12. The van der Waals surface area contributed by atoms with Crippen LogP contribution in [0.15, 0.2) is 28.8 Å². The van der Waals surface area contributed by atoms with Crippen molar-refractivity contribution in [2.24, 2.45) is 0 Å². The number of aromatic amines is 1. The maximum atomic E-state index is 12.5. The van der Waals surface area contributed by atoms with Crippen LogP contribution in [0.2, 0.25) is 0 Å². The second-order valence-electron chi connectivity index (χ2n) is 7.83. The molecule has 2 aliphatic heterocycles. The number of imidazole rings is 1. The molecule has 4 heterocycles. The van der Waals surface area contributed by atoms with Gasteiger partial charge in [0.15, 0.2) is 5.82 Å². The SMILES string of the molecule is CN1CCCC1c1nc(C2CN(C(=O)CCc3nc4ccccc4[nH]3)C2)no1. The third kappa shape index (κ3) is 3.17. The molecule has 0 radical (unpaired) electrons. The van der Waals surface area contributed by atoms with Gasteiger partial charge in [-0.2, -0.15) is 4.98 Å². The Morgan fingerprint density at radius 1 is 1.29 bits per heavy atom. The number of rotatable bonds is 5. The van der Waals surface area contributed by atoms with Gasteiger partial charge in [-0.1, -0.05) is 17.3 Å². The number of H-pyrrole nitrogens is 1. The van der Waals surface area contributed by atoms with E-state index in [1.165, 1.54) is 0 Å². The van der Waals surface area contributed by atoms with Gasteiger partial charge in [-0.3, -0.25) is 9.69 Å².